The number of hydrogen-bond acceptors (Lipinski definition) is 7. The van der Waals surface area contributed by atoms with Gasteiger partial charge in [0.15, 0.2) is 5.13 Å². The Morgan fingerprint density at radius 3 is 2.83 bits per heavy atom. The number of aryl methyl sites for hydroxylation is 2. The van der Waals surface area contributed by atoms with Crippen LogP contribution < -0.4 is 5.32 Å². The first kappa shape index (κ1) is 21.0. The number of hydrogen-bond donors (Lipinski definition) is 1. The quantitative estimate of drug-likeness (QED) is 0.332. The minimum Gasteiger partial charge on any atom is -0.457 e. The van der Waals surface area contributed by atoms with Crippen molar-refractivity contribution >= 4 is 51.0 Å². The van der Waals surface area contributed by atoms with Gasteiger partial charge in [-0.25, -0.2) is 14.8 Å². The Hall–Kier alpha value is -2.71. The van der Waals surface area contributed by atoms with Gasteiger partial charge in [-0.15, -0.1) is 0 Å². The molecule has 29 heavy (non-hydrogen) atoms. The van der Waals surface area contributed by atoms with Crippen LogP contribution in [0.2, 0.25) is 0 Å². The number of benzene rings is 1. The summed E-state index contributed by atoms with van der Waals surface area (Å²) >= 11 is 2.48. The number of carbonyl (C=O) groups excluding carboxylic acids is 2. The zero-order valence-corrected chi connectivity index (χ0v) is 18.0. The third-order valence-corrected chi connectivity index (χ3v) is 6.18. The molecular weight excluding hydrogens is 406 g/mol. The second-order valence-electron chi connectivity index (χ2n) is 6.36. The molecule has 1 aromatic carbocycles. The van der Waals surface area contributed by atoms with Gasteiger partial charge in [0.2, 0.25) is 5.91 Å². The number of anilines is 1. The van der Waals surface area contributed by atoms with Gasteiger partial charge in [0.1, 0.15) is 11.5 Å². The summed E-state index contributed by atoms with van der Waals surface area (Å²) in [6.45, 7) is 9.19. The van der Waals surface area contributed by atoms with Crippen LogP contribution in [0.1, 0.15) is 27.9 Å². The number of thiazole rings is 1. The van der Waals surface area contributed by atoms with Crippen molar-refractivity contribution in [3.63, 3.8) is 0 Å². The van der Waals surface area contributed by atoms with E-state index < -0.39 is 5.97 Å². The highest BCUT2D eigenvalue weighted by Gasteiger charge is 2.21. The predicted octanol–water partition coefficient (Wildman–Crippen LogP) is 4.77. The maximum atomic E-state index is 12.6. The second-order valence-corrected chi connectivity index (χ2v) is 8.72. The van der Waals surface area contributed by atoms with Gasteiger partial charge in [-0.1, -0.05) is 54.0 Å². The van der Waals surface area contributed by atoms with Crippen LogP contribution in [0.4, 0.5) is 5.13 Å². The van der Waals surface area contributed by atoms with Crippen molar-refractivity contribution in [2.24, 2.45) is 0 Å². The highest BCUT2D eigenvalue weighted by atomic mass is 32.2. The van der Waals surface area contributed by atoms with Crippen molar-refractivity contribution in [1.82, 2.24) is 9.97 Å². The van der Waals surface area contributed by atoms with Gasteiger partial charge in [0.25, 0.3) is 0 Å². The minimum absolute atomic E-state index is 0.129. The van der Waals surface area contributed by atoms with Crippen molar-refractivity contribution in [3.8, 4) is 0 Å². The summed E-state index contributed by atoms with van der Waals surface area (Å²) in [5.41, 5.74) is 2.54. The maximum Gasteiger partial charge on any atom is 0.350 e. The summed E-state index contributed by atoms with van der Waals surface area (Å²) in [6.07, 6.45) is 1.50. The average Bonchev–Trinajstić information content (AvgIpc) is 3.06. The molecule has 8 heteroatoms. The molecule has 0 aliphatic heterocycles. The Morgan fingerprint density at radius 2 is 2.07 bits per heavy atom. The molecule has 0 saturated carbocycles. The lowest BCUT2D eigenvalue weighted by Crippen LogP contribution is -2.22. The number of nitrogens with zero attached hydrogens (tertiary/aromatic N) is 2. The van der Waals surface area contributed by atoms with Crippen LogP contribution >= 0.6 is 23.1 Å². The van der Waals surface area contributed by atoms with E-state index >= 15 is 0 Å². The van der Waals surface area contributed by atoms with Crippen molar-refractivity contribution in [3.05, 3.63) is 59.1 Å². The average molecular weight is 428 g/mol. The molecule has 1 N–H and O–H groups in total. The van der Waals surface area contributed by atoms with Crippen LogP contribution in [0.25, 0.3) is 10.9 Å². The van der Waals surface area contributed by atoms with E-state index in [-0.39, 0.29) is 17.8 Å². The van der Waals surface area contributed by atoms with Crippen molar-refractivity contribution in [2.75, 3.05) is 11.9 Å². The van der Waals surface area contributed by atoms with E-state index in [1.807, 2.05) is 44.2 Å². The molecule has 2 aromatic heterocycles. The number of fused-ring (bicyclic) bond motifs is 1. The summed E-state index contributed by atoms with van der Waals surface area (Å²) in [5.74, 6) is -0.680. The van der Waals surface area contributed by atoms with Crippen LogP contribution in [0, 0.1) is 13.8 Å². The first-order chi connectivity index (χ1) is 13.9. The molecule has 0 aliphatic carbocycles. The zero-order chi connectivity index (χ0) is 21.0. The van der Waals surface area contributed by atoms with Crippen molar-refractivity contribution < 1.29 is 14.3 Å². The van der Waals surface area contributed by atoms with E-state index in [0.29, 0.717) is 15.7 Å². The standard InChI is InChI=1S/C21H21N3O3S2/c1-5-10-27-20(26)18-13(3)22-21(29-18)24-19(25)14(4)28-17-11-12(2)15-8-6-7-9-16(15)23-17/h5-9,11,14H,1,10H2,2-4H3,(H,22,24,25). The van der Waals surface area contributed by atoms with Crippen LogP contribution in [-0.4, -0.2) is 33.7 Å². The molecule has 2 heterocycles. The van der Waals surface area contributed by atoms with E-state index in [9.17, 15) is 9.59 Å². The highest BCUT2D eigenvalue weighted by Crippen LogP contribution is 2.28. The number of esters is 1. The molecule has 1 unspecified atom stereocenters. The Morgan fingerprint density at radius 1 is 1.31 bits per heavy atom. The van der Waals surface area contributed by atoms with E-state index in [4.69, 9.17) is 4.74 Å². The molecule has 1 amide bonds. The topological polar surface area (TPSA) is 81.2 Å². The Kier molecular flexibility index (Phi) is 6.66. The number of rotatable bonds is 7. The lowest BCUT2D eigenvalue weighted by molar-refractivity contribution is -0.115. The van der Waals surface area contributed by atoms with Crippen LogP contribution in [0.5, 0.6) is 0 Å². The fourth-order valence-corrected chi connectivity index (χ4v) is 4.45. The first-order valence-corrected chi connectivity index (χ1v) is 10.7. The molecular formula is C21H21N3O3S2. The number of para-hydroxylation sites is 1. The molecule has 0 fully saturated rings. The molecule has 0 aliphatic rings. The molecule has 3 rings (SSSR count). The van der Waals surface area contributed by atoms with Gasteiger partial charge in [-0.3, -0.25) is 4.79 Å². The maximum absolute atomic E-state index is 12.6. The van der Waals surface area contributed by atoms with Crippen molar-refractivity contribution in [2.45, 2.75) is 31.0 Å². The molecule has 1 atom stereocenters. The van der Waals surface area contributed by atoms with Gasteiger partial charge in [-0.2, -0.15) is 0 Å². The number of ether oxygens (including phenoxy) is 1. The molecule has 0 spiro atoms. The van der Waals surface area contributed by atoms with Crippen LogP contribution in [0.15, 0.2) is 48.0 Å². The number of carbonyl (C=O) groups is 2. The summed E-state index contributed by atoms with van der Waals surface area (Å²) in [7, 11) is 0. The number of amides is 1. The Bertz CT molecular complexity index is 1080. The molecule has 0 saturated heterocycles. The molecule has 6 nitrogen and oxygen atoms in total. The first-order valence-electron chi connectivity index (χ1n) is 8.98. The van der Waals surface area contributed by atoms with Crippen LogP contribution in [0.3, 0.4) is 0 Å². The van der Waals surface area contributed by atoms with E-state index in [1.165, 1.54) is 17.8 Å². The number of aromatic nitrogens is 2. The van der Waals surface area contributed by atoms with E-state index in [2.05, 4.69) is 21.9 Å². The fourth-order valence-electron chi connectivity index (χ4n) is 2.66. The highest BCUT2D eigenvalue weighted by molar-refractivity contribution is 8.00. The zero-order valence-electron chi connectivity index (χ0n) is 16.4. The third kappa shape index (κ3) is 5.02. The number of thioether (sulfide) groups is 1. The Labute approximate surface area is 177 Å². The van der Waals surface area contributed by atoms with Gasteiger partial charge in [0, 0.05) is 5.39 Å². The molecule has 3 aromatic rings. The van der Waals surface area contributed by atoms with Crippen LogP contribution in [-0.2, 0) is 9.53 Å². The van der Waals surface area contributed by atoms with Crippen molar-refractivity contribution in [1.29, 1.82) is 0 Å². The minimum atomic E-state index is -0.473. The molecule has 150 valence electrons. The van der Waals surface area contributed by atoms with Gasteiger partial charge >= 0.3 is 5.97 Å². The smallest absolute Gasteiger partial charge is 0.350 e. The lowest BCUT2D eigenvalue weighted by atomic mass is 10.1. The monoisotopic (exact) mass is 427 g/mol. The summed E-state index contributed by atoms with van der Waals surface area (Å²) in [5, 5.41) is 4.65. The predicted molar refractivity (Wildman–Crippen MR) is 118 cm³/mol. The third-order valence-electron chi connectivity index (χ3n) is 4.11. The largest absolute Gasteiger partial charge is 0.457 e. The summed E-state index contributed by atoms with van der Waals surface area (Å²) < 4.78 is 5.04. The number of pyridine rings is 1. The normalized spacial score (nSPS) is 11.8. The Balaban J connectivity index is 1.68. The fraction of sp³-hybridized carbons (Fsp3) is 0.238. The van der Waals surface area contributed by atoms with E-state index in [0.717, 1.165) is 32.8 Å². The van der Waals surface area contributed by atoms with Gasteiger partial charge < -0.3 is 10.1 Å². The number of nitrogens with one attached hydrogen (secondary N) is 1. The van der Waals surface area contributed by atoms with Gasteiger partial charge in [0.05, 0.1) is 21.5 Å². The summed E-state index contributed by atoms with van der Waals surface area (Å²) in [6, 6.07) is 9.91. The second kappa shape index (κ2) is 9.19. The summed E-state index contributed by atoms with van der Waals surface area (Å²) in [4.78, 5) is 33.9. The molecule has 0 radical (unpaired) electrons. The van der Waals surface area contributed by atoms with Gasteiger partial charge in [-0.05, 0) is 38.5 Å². The SMILES string of the molecule is C=CCOC(=O)c1sc(NC(=O)C(C)Sc2cc(C)c3ccccc3n2)nc1C. The van der Waals surface area contributed by atoms with E-state index in [1.54, 1.807) is 6.92 Å². The molecule has 0 bridgehead atoms. The lowest BCUT2D eigenvalue weighted by Gasteiger charge is -2.11.